The molecule has 1 aromatic rings. The fraction of sp³-hybridized carbons (Fsp3) is 0.500. The summed E-state index contributed by atoms with van der Waals surface area (Å²) < 4.78 is 10.6. The first kappa shape index (κ1) is 14.6. The molecule has 1 aliphatic rings. The highest BCUT2D eigenvalue weighted by Gasteiger charge is 2.39. The molecular weight excluding hydrogens is 256 g/mol. The number of hydrogen-bond acceptors (Lipinski definition) is 4. The van der Waals surface area contributed by atoms with E-state index < -0.39 is 5.60 Å². The minimum Gasteiger partial charge on any atom is -0.460 e. The maximum atomic E-state index is 11.8. The Labute approximate surface area is 119 Å². The largest absolute Gasteiger partial charge is 0.460 e. The molecule has 0 unspecified atom stereocenters. The molecule has 0 radical (unpaired) electrons. The molecule has 0 saturated heterocycles. The van der Waals surface area contributed by atoms with Gasteiger partial charge in [0.1, 0.15) is 11.7 Å². The molecule has 4 heteroatoms. The number of ether oxygens (including phenoxy) is 2. The van der Waals surface area contributed by atoms with Gasteiger partial charge in [0.2, 0.25) is 0 Å². The molecule has 108 valence electrons. The number of benzene rings is 1. The SMILES string of the molecule is CC(C)(C)OC(=O)C1CC(OC(=O)c2ccccc2)C1. The van der Waals surface area contributed by atoms with Gasteiger partial charge in [0.05, 0.1) is 11.5 Å². The second kappa shape index (κ2) is 5.65. The van der Waals surface area contributed by atoms with E-state index in [0.29, 0.717) is 18.4 Å². The zero-order valence-corrected chi connectivity index (χ0v) is 12.1. The molecule has 2 rings (SSSR count). The van der Waals surface area contributed by atoms with Gasteiger partial charge >= 0.3 is 11.9 Å². The summed E-state index contributed by atoms with van der Waals surface area (Å²) in [6, 6.07) is 8.86. The molecule has 4 nitrogen and oxygen atoms in total. The monoisotopic (exact) mass is 276 g/mol. The summed E-state index contributed by atoms with van der Waals surface area (Å²) in [4.78, 5) is 23.6. The lowest BCUT2D eigenvalue weighted by atomic mass is 9.82. The molecule has 1 fully saturated rings. The minimum absolute atomic E-state index is 0.150. The smallest absolute Gasteiger partial charge is 0.338 e. The second-order valence-electron chi connectivity index (χ2n) is 6.10. The van der Waals surface area contributed by atoms with E-state index in [1.54, 1.807) is 24.3 Å². The van der Waals surface area contributed by atoms with E-state index in [0.717, 1.165) is 0 Å². The molecule has 0 aromatic heterocycles. The quantitative estimate of drug-likeness (QED) is 0.796. The highest BCUT2D eigenvalue weighted by atomic mass is 16.6. The molecule has 20 heavy (non-hydrogen) atoms. The first-order chi connectivity index (χ1) is 9.35. The van der Waals surface area contributed by atoms with E-state index in [1.165, 1.54) is 0 Å². The van der Waals surface area contributed by atoms with Gasteiger partial charge in [0, 0.05) is 0 Å². The van der Waals surface area contributed by atoms with Gasteiger partial charge in [-0.05, 0) is 45.7 Å². The van der Waals surface area contributed by atoms with E-state index in [9.17, 15) is 9.59 Å². The van der Waals surface area contributed by atoms with Crippen molar-refractivity contribution in [3.05, 3.63) is 35.9 Å². The molecule has 1 saturated carbocycles. The molecule has 0 amide bonds. The number of hydrogen-bond donors (Lipinski definition) is 0. The van der Waals surface area contributed by atoms with E-state index in [2.05, 4.69) is 0 Å². The van der Waals surface area contributed by atoms with Crippen molar-refractivity contribution in [2.45, 2.75) is 45.3 Å². The molecule has 0 heterocycles. The van der Waals surface area contributed by atoms with E-state index in [-0.39, 0.29) is 24.0 Å². The summed E-state index contributed by atoms with van der Waals surface area (Å²) in [5.41, 5.74) is 0.0660. The van der Waals surface area contributed by atoms with Crippen LogP contribution in [0.2, 0.25) is 0 Å². The summed E-state index contributed by atoms with van der Waals surface area (Å²) in [5.74, 6) is -0.689. The van der Waals surface area contributed by atoms with Gasteiger partial charge in [-0.3, -0.25) is 4.79 Å². The lowest BCUT2D eigenvalue weighted by Crippen LogP contribution is -2.40. The van der Waals surface area contributed by atoms with Crippen LogP contribution in [-0.4, -0.2) is 23.6 Å². The van der Waals surface area contributed by atoms with Gasteiger partial charge in [-0.1, -0.05) is 18.2 Å². The third kappa shape index (κ3) is 3.83. The fourth-order valence-corrected chi connectivity index (χ4v) is 2.03. The van der Waals surface area contributed by atoms with Crippen molar-refractivity contribution >= 4 is 11.9 Å². The predicted molar refractivity (Wildman–Crippen MR) is 74.2 cm³/mol. The van der Waals surface area contributed by atoms with Crippen molar-refractivity contribution in [1.29, 1.82) is 0 Å². The van der Waals surface area contributed by atoms with Crippen LogP contribution in [0.4, 0.5) is 0 Å². The summed E-state index contributed by atoms with van der Waals surface area (Å²) >= 11 is 0. The van der Waals surface area contributed by atoms with Gasteiger partial charge in [0.15, 0.2) is 0 Å². The maximum absolute atomic E-state index is 11.8. The van der Waals surface area contributed by atoms with Crippen LogP contribution >= 0.6 is 0 Å². The molecule has 0 spiro atoms. The van der Waals surface area contributed by atoms with Crippen LogP contribution in [0.5, 0.6) is 0 Å². The Kier molecular flexibility index (Phi) is 4.12. The van der Waals surface area contributed by atoms with Crippen molar-refractivity contribution in [2.24, 2.45) is 5.92 Å². The Morgan fingerprint density at radius 1 is 1.10 bits per heavy atom. The maximum Gasteiger partial charge on any atom is 0.338 e. The highest BCUT2D eigenvalue weighted by molar-refractivity contribution is 5.89. The van der Waals surface area contributed by atoms with E-state index in [1.807, 2.05) is 26.8 Å². The fourth-order valence-electron chi connectivity index (χ4n) is 2.03. The summed E-state index contributed by atoms with van der Waals surface area (Å²) in [6.07, 6.45) is 0.918. The normalized spacial score (nSPS) is 21.8. The van der Waals surface area contributed by atoms with Gasteiger partial charge in [-0.25, -0.2) is 4.79 Å². The van der Waals surface area contributed by atoms with Gasteiger partial charge in [0.25, 0.3) is 0 Å². The highest BCUT2D eigenvalue weighted by Crippen LogP contribution is 2.32. The average molecular weight is 276 g/mol. The van der Waals surface area contributed by atoms with Crippen LogP contribution < -0.4 is 0 Å². The first-order valence-corrected chi connectivity index (χ1v) is 6.84. The number of carbonyl (C=O) groups excluding carboxylic acids is 2. The zero-order valence-electron chi connectivity index (χ0n) is 12.1. The van der Waals surface area contributed by atoms with Gasteiger partial charge < -0.3 is 9.47 Å². The Balaban J connectivity index is 1.77. The second-order valence-corrected chi connectivity index (χ2v) is 6.10. The average Bonchev–Trinajstić information content (AvgIpc) is 2.31. The van der Waals surface area contributed by atoms with Crippen LogP contribution in [0, 0.1) is 5.92 Å². The number of rotatable bonds is 3. The van der Waals surface area contributed by atoms with Crippen LogP contribution in [0.25, 0.3) is 0 Å². The molecule has 0 bridgehead atoms. The Bertz CT molecular complexity index is 481. The van der Waals surface area contributed by atoms with E-state index in [4.69, 9.17) is 9.47 Å². The topological polar surface area (TPSA) is 52.6 Å². The van der Waals surface area contributed by atoms with E-state index >= 15 is 0 Å². The Morgan fingerprint density at radius 3 is 2.25 bits per heavy atom. The van der Waals surface area contributed by atoms with Crippen molar-refractivity contribution in [2.75, 3.05) is 0 Å². The first-order valence-electron chi connectivity index (χ1n) is 6.84. The minimum atomic E-state index is -0.469. The molecule has 0 N–H and O–H groups in total. The molecule has 0 aliphatic heterocycles. The standard InChI is InChI=1S/C16H20O4/c1-16(2,3)20-15(18)12-9-13(10-12)19-14(17)11-7-5-4-6-8-11/h4-8,12-13H,9-10H2,1-3H3. The lowest BCUT2D eigenvalue weighted by Gasteiger charge is -2.34. The third-order valence-electron chi connectivity index (χ3n) is 3.12. The van der Waals surface area contributed by atoms with Crippen molar-refractivity contribution in [1.82, 2.24) is 0 Å². The summed E-state index contributed by atoms with van der Waals surface area (Å²) in [5, 5.41) is 0. The summed E-state index contributed by atoms with van der Waals surface area (Å²) in [7, 11) is 0. The molecule has 1 aromatic carbocycles. The van der Waals surface area contributed by atoms with Crippen LogP contribution in [0.3, 0.4) is 0 Å². The van der Waals surface area contributed by atoms with Crippen molar-refractivity contribution < 1.29 is 19.1 Å². The number of esters is 2. The van der Waals surface area contributed by atoms with Crippen LogP contribution in [0.1, 0.15) is 44.0 Å². The van der Waals surface area contributed by atoms with Crippen LogP contribution in [0.15, 0.2) is 30.3 Å². The Hall–Kier alpha value is -1.84. The molecule has 1 aliphatic carbocycles. The zero-order chi connectivity index (χ0) is 14.8. The van der Waals surface area contributed by atoms with Crippen LogP contribution in [-0.2, 0) is 14.3 Å². The van der Waals surface area contributed by atoms with Gasteiger partial charge in [-0.15, -0.1) is 0 Å². The predicted octanol–water partition coefficient (Wildman–Crippen LogP) is 2.96. The lowest BCUT2D eigenvalue weighted by molar-refractivity contribution is -0.167. The number of carbonyl (C=O) groups is 2. The molecular formula is C16H20O4. The Morgan fingerprint density at radius 2 is 1.70 bits per heavy atom. The molecule has 0 atom stereocenters. The summed E-state index contributed by atoms with van der Waals surface area (Å²) in [6.45, 7) is 5.53. The van der Waals surface area contributed by atoms with Gasteiger partial charge in [-0.2, -0.15) is 0 Å². The third-order valence-corrected chi connectivity index (χ3v) is 3.12. The van der Waals surface area contributed by atoms with Crippen molar-refractivity contribution in [3.8, 4) is 0 Å². The van der Waals surface area contributed by atoms with Crippen molar-refractivity contribution in [3.63, 3.8) is 0 Å².